The number of imidazole rings is 2. The highest BCUT2D eigenvalue weighted by molar-refractivity contribution is 5.69. The van der Waals surface area contributed by atoms with Crippen molar-refractivity contribution in [2.45, 2.75) is 19.6 Å². The molecule has 1 N–H and O–H groups in total. The standard InChI is InChI=1S/C11H9N3O3.C11H11N3/c15-8-11-12-5-6-13(11)7-9-3-1-2-4-10(9)14(16)17;1-2-4-10-9(3-1)8-14-6-5-12-11(14)7-13-10/h1-6,8H,7H2;1-6,13H,7-8H2. The molecule has 0 radical (unpaired) electrons. The lowest BCUT2D eigenvalue weighted by Gasteiger charge is -2.05. The third-order valence-electron chi connectivity index (χ3n) is 4.98. The lowest BCUT2D eigenvalue weighted by atomic mass is 10.2. The van der Waals surface area contributed by atoms with E-state index in [0.29, 0.717) is 11.8 Å². The summed E-state index contributed by atoms with van der Waals surface area (Å²) >= 11 is 0. The Bertz CT molecular complexity index is 1210. The minimum absolute atomic E-state index is 0.0399. The zero-order valence-corrected chi connectivity index (χ0v) is 16.6. The summed E-state index contributed by atoms with van der Waals surface area (Å²) in [6, 6.07) is 14.8. The van der Waals surface area contributed by atoms with Crippen LogP contribution in [0.5, 0.6) is 0 Å². The molecule has 0 atom stereocenters. The molecule has 0 unspecified atom stereocenters. The summed E-state index contributed by atoms with van der Waals surface area (Å²) in [7, 11) is 0. The number of nitrogens with zero attached hydrogens (tertiary/aromatic N) is 5. The minimum atomic E-state index is -0.438. The largest absolute Gasteiger partial charge is 0.378 e. The first-order chi connectivity index (χ1) is 15.2. The molecule has 4 aromatic rings. The first-order valence-corrected chi connectivity index (χ1v) is 9.66. The SMILES string of the molecule is O=Cc1nccn1Cc1ccccc1[N+](=O)[O-].c1ccc2c(c1)Cn1ccnc1CN2. The Kier molecular flexibility index (Phi) is 5.84. The van der Waals surface area contributed by atoms with Gasteiger partial charge in [-0.1, -0.05) is 36.4 Å². The van der Waals surface area contributed by atoms with Gasteiger partial charge in [0, 0.05) is 42.1 Å². The van der Waals surface area contributed by atoms with Gasteiger partial charge in [-0.3, -0.25) is 14.9 Å². The van der Waals surface area contributed by atoms with Crippen LogP contribution in [0, 0.1) is 10.1 Å². The van der Waals surface area contributed by atoms with E-state index >= 15 is 0 Å². The maximum absolute atomic E-state index is 10.8. The molecule has 0 saturated heterocycles. The number of nitro groups is 1. The Morgan fingerprint density at radius 2 is 1.84 bits per heavy atom. The maximum atomic E-state index is 10.8. The van der Waals surface area contributed by atoms with Crippen LogP contribution >= 0.6 is 0 Å². The van der Waals surface area contributed by atoms with Crippen LogP contribution in [0.25, 0.3) is 0 Å². The zero-order chi connectivity index (χ0) is 21.6. The van der Waals surface area contributed by atoms with Crippen LogP contribution in [0.2, 0.25) is 0 Å². The molecule has 0 amide bonds. The molecule has 0 bridgehead atoms. The monoisotopic (exact) mass is 416 g/mol. The Hall–Kier alpha value is -4.27. The number of nitrogens with one attached hydrogen (secondary N) is 1. The summed E-state index contributed by atoms with van der Waals surface area (Å²) in [6.07, 6.45) is 7.60. The number of benzene rings is 2. The number of aromatic nitrogens is 4. The second kappa shape index (κ2) is 9.04. The van der Waals surface area contributed by atoms with Gasteiger partial charge in [0.05, 0.1) is 24.6 Å². The summed E-state index contributed by atoms with van der Waals surface area (Å²) in [5.41, 5.74) is 3.12. The van der Waals surface area contributed by atoms with Crippen molar-refractivity contribution in [2.24, 2.45) is 0 Å². The fraction of sp³-hybridized carbons (Fsp3) is 0.136. The van der Waals surface area contributed by atoms with Gasteiger partial charge in [0.25, 0.3) is 5.69 Å². The van der Waals surface area contributed by atoms with Crippen molar-refractivity contribution >= 4 is 17.7 Å². The zero-order valence-electron chi connectivity index (χ0n) is 16.6. The number of carbonyl (C=O) groups is 1. The van der Waals surface area contributed by atoms with Gasteiger partial charge in [0.15, 0.2) is 12.1 Å². The van der Waals surface area contributed by atoms with Crippen LogP contribution < -0.4 is 5.32 Å². The van der Waals surface area contributed by atoms with E-state index in [1.54, 1.807) is 29.0 Å². The summed E-state index contributed by atoms with van der Waals surface area (Å²) in [6.45, 7) is 1.98. The predicted octanol–water partition coefficient (Wildman–Crippen LogP) is 3.51. The van der Waals surface area contributed by atoms with Crippen molar-refractivity contribution in [1.29, 1.82) is 0 Å². The van der Waals surface area contributed by atoms with Crippen molar-refractivity contribution in [3.05, 3.63) is 106 Å². The van der Waals surface area contributed by atoms with Crippen LogP contribution in [-0.4, -0.2) is 30.3 Å². The molecule has 5 rings (SSSR count). The van der Waals surface area contributed by atoms with Crippen molar-refractivity contribution in [3.63, 3.8) is 0 Å². The van der Waals surface area contributed by atoms with Gasteiger partial charge < -0.3 is 14.5 Å². The van der Waals surface area contributed by atoms with Gasteiger partial charge in [-0.2, -0.15) is 0 Å². The molecule has 0 aliphatic carbocycles. The highest BCUT2D eigenvalue weighted by Gasteiger charge is 2.14. The van der Waals surface area contributed by atoms with Crippen molar-refractivity contribution in [3.8, 4) is 0 Å². The first-order valence-electron chi connectivity index (χ1n) is 9.66. The molecule has 9 nitrogen and oxygen atoms in total. The van der Waals surface area contributed by atoms with Gasteiger partial charge in [-0.15, -0.1) is 0 Å². The number of fused-ring (bicyclic) bond motifs is 2. The molecule has 0 saturated carbocycles. The van der Waals surface area contributed by atoms with Crippen molar-refractivity contribution < 1.29 is 9.72 Å². The lowest BCUT2D eigenvalue weighted by Crippen LogP contribution is -2.05. The van der Waals surface area contributed by atoms with Gasteiger partial charge in [-0.25, -0.2) is 9.97 Å². The fourth-order valence-corrected chi connectivity index (χ4v) is 3.42. The van der Waals surface area contributed by atoms with E-state index in [2.05, 4.69) is 44.1 Å². The molecule has 0 spiro atoms. The molecule has 2 aromatic carbocycles. The molecule has 0 fully saturated rings. The van der Waals surface area contributed by atoms with E-state index in [1.165, 1.54) is 23.5 Å². The third kappa shape index (κ3) is 4.50. The summed E-state index contributed by atoms with van der Waals surface area (Å²) in [5, 5.41) is 14.2. The van der Waals surface area contributed by atoms with Gasteiger partial charge in [0.2, 0.25) is 0 Å². The number of aldehydes is 1. The summed E-state index contributed by atoms with van der Waals surface area (Å²) in [4.78, 5) is 29.2. The van der Waals surface area contributed by atoms with E-state index < -0.39 is 4.92 Å². The number of anilines is 1. The third-order valence-corrected chi connectivity index (χ3v) is 4.98. The van der Waals surface area contributed by atoms with Gasteiger partial charge >= 0.3 is 0 Å². The molecular weight excluding hydrogens is 396 g/mol. The van der Waals surface area contributed by atoms with Crippen LogP contribution in [0.15, 0.2) is 73.3 Å². The summed E-state index contributed by atoms with van der Waals surface area (Å²) < 4.78 is 3.74. The van der Waals surface area contributed by atoms with Crippen LogP contribution in [0.1, 0.15) is 27.6 Å². The minimum Gasteiger partial charge on any atom is -0.378 e. The van der Waals surface area contributed by atoms with E-state index in [-0.39, 0.29) is 18.1 Å². The maximum Gasteiger partial charge on any atom is 0.274 e. The summed E-state index contributed by atoms with van der Waals surface area (Å²) in [5.74, 6) is 1.35. The Labute approximate surface area is 178 Å². The molecule has 1 aliphatic rings. The highest BCUT2D eigenvalue weighted by Crippen LogP contribution is 2.21. The first kappa shape index (κ1) is 20.0. The van der Waals surface area contributed by atoms with E-state index in [0.717, 1.165) is 18.9 Å². The average molecular weight is 416 g/mol. The van der Waals surface area contributed by atoms with Crippen LogP contribution in [0.4, 0.5) is 11.4 Å². The topological polar surface area (TPSA) is 108 Å². The molecule has 2 aromatic heterocycles. The lowest BCUT2D eigenvalue weighted by molar-refractivity contribution is -0.385. The Morgan fingerprint density at radius 1 is 1.06 bits per heavy atom. The predicted molar refractivity (Wildman–Crippen MR) is 115 cm³/mol. The van der Waals surface area contributed by atoms with Gasteiger partial charge in [0.1, 0.15) is 5.82 Å². The average Bonchev–Trinajstić information content (AvgIpc) is 3.39. The van der Waals surface area contributed by atoms with Crippen LogP contribution in [0.3, 0.4) is 0 Å². The van der Waals surface area contributed by atoms with Crippen LogP contribution in [-0.2, 0) is 19.6 Å². The fourth-order valence-electron chi connectivity index (χ4n) is 3.42. The number of para-hydroxylation sites is 2. The normalized spacial score (nSPS) is 11.7. The number of carbonyl (C=O) groups excluding carboxylic acids is 1. The Balaban J connectivity index is 0.000000151. The Morgan fingerprint density at radius 3 is 2.68 bits per heavy atom. The van der Waals surface area contributed by atoms with E-state index in [4.69, 9.17) is 0 Å². The molecule has 31 heavy (non-hydrogen) atoms. The van der Waals surface area contributed by atoms with E-state index in [9.17, 15) is 14.9 Å². The van der Waals surface area contributed by atoms with Crippen molar-refractivity contribution in [1.82, 2.24) is 19.1 Å². The van der Waals surface area contributed by atoms with E-state index in [1.807, 2.05) is 12.4 Å². The second-order valence-corrected chi connectivity index (χ2v) is 6.90. The highest BCUT2D eigenvalue weighted by atomic mass is 16.6. The second-order valence-electron chi connectivity index (χ2n) is 6.90. The van der Waals surface area contributed by atoms with Gasteiger partial charge in [-0.05, 0) is 11.6 Å². The smallest absolute Gasteiger partial charge is 0.274 e. The number of rotatable bonds is 4. The molecular formula is C22H20N6O3. The molecule has 1 aliphatic heterocycles. The quantitative estimate of drug-likeness (QED) is 0.310. The molecule has 156 valence electrons. The molecule has 9 heteroatoms. The number of hydrogen-bond acceptors (Lipinski definition) is 6. The number of nitro benzene ring substituents is 1. The van der Waals surface area contributed by atoms with Crippen molar-refractivity contribution in [2.75, 3.05) is 5.32 Å². The molecule has 3 heterocycles. The number of hydrogen-bond donors (Lipinski definition) is 1.